The van der Waals surface area contributed by atoms with E-state index in [1.54, 1.807) is 18.3 Å². The van der Waals surface area contributed by atoms with E-state index in [2.05, 4.69) is 34.4 Å². The fraction of sp³-hybridized carbons (Fsp3) is 0.346. The fourth-order valence-corrected chi connectivity index (χ4v) is 4.36. The topological polar surface area (TPSA) is 86.9 Å². The monoisotopic (exact) mass is 446 g/mol. The molecule has 2 atom stereocenters. The Kier molecular flexibility index (Phi) is 5.07. The van der Waals surface area contributed by atoms with Crippen LogP contribution < -0.4 is 10.6 Å². The second-order valence-corrected chi connectivity index (χ2v) is 9.66. The number of aldehydes is 1. The van der Waals surface area contributed by atoms with Gasteiger partial charge in [0.15, 0.2) is 12.0 Å². The number of H-pyrrole nitrogens is 1. The van der Waals surface area contributed by atoms with Gasteiger partial charge in [-0.15, -0.1) is 0 Å². The van der Waals surface area contributed by atoms with E-state index in [0.717, 1.165) is 41.8 Å². The van der Waals surface area contributed by atoms with Crippen LogP contribution in [0.1, 0.15) is 49.2 Å². The van der Waals surface area contributed by atoms with Crippen LogP contribution in [0.15, 0.2) is 48.7 Å². The first-order valence-electron chi connectivity index (χ1n) is 11.3. The summed E-state index contributed by atoms with van der Waals surface area (Å²) in [7, 11) is 0. The van der Waals surface area contributed by atoms with Crippen molar-refractivity contribution in [3.05, 3.63) is 59.9 Å². The zero-order valence-corrected chi connectivity index (χ0v) is 18.7. The van der Waals surface area contributed by atoms with Gasteiger partial charge in [-0.05, 0) is 61.3 Å². The Bertz CT molecular complexity index is 1220. The van der Waals surface area contributed by atoms with Gasteiger partial charge in [-0.25, -0.2) is 9.37 Å². The maximum absolute atomic E-state index is 14.1. The molecule has 2 aliphatic carbocycles. The number of aromatic nitrogens is 2. The molecular weight excluding hydrogens is 419 g/mol. The van der Waals surface area contributed by atoms with Crippen molar-refractivity contribution in [2.75, 3.05) is 10.6 Å². The maximum atomic E-state index is 14.1. The number of hydrogen-bond acceptors (Lipinski definition) is 4. The van der Waals surface area contributed by atoms with Gasteiger partial charge < -0.3 is 15.6 Å². The van der Waals surface area contributed by atoms with Crippen LogP contribution in [0.3, 0.4) is 0 Å². The van der Waals surface area contributed by atoms with Crippen LogP contribution in [0.2, 0.25) is 0 Å². The zero-order chi connectivity index (χ0) is 23.2. The third-order valence-corrected chi connectivity index (χ3v) is 7.05. The van der Waals surface area contributed by atoms with Crippen molar-refractivity contribution in [2.24, 2.45) is 11.3 Å². The van der Waals surface area contributed by atoms with Crippen LogP contribution in [0.4, 0.5) is 21.6 Å². The summed E-state index contributed by atoms with van der Waals surface area (Å²) in [4.78, 5) is 32.0. The lowest BCUT2D eigenvalue weighted by Crippen LogP contribution is -2.25. The van der Waals surface area contributed by atoms with E-state index in [4.69, 9.17) is 0 Å². The minimum Gasteiger partial charge on any atom is -0.356 e. The van der Waals surface area contributed by atoms with Crippen molar-refractivity contribution < 1.29 is 14.0 Å². The first-order chi connectivity index (χ1) is 15.8. The minimum absolute atomic E-state index is 0.168. The molecule has 7 heteroatoms. The fourth-order valence-electron chi connectivity index (χ4n) is 4.36. The molecule has 1 aromatic carbocycles. The number of rotatable bonds is 8. The molecule has 5 rings (SSSR count). The molecule has 0 radical (unpaired) electrons. The van der Waals surface area contributed by atoms with Crippen LogP contribution in [-0.2, 0) is 11.2 Å². The van der Waals surface area contributed by atoms with Gasteiger partial charge in [0.1, 0.15) is 5.82 Å². The Morgan fingerprint density at radius 2 is 2.00 bits per heavy atom. The summed E-state index contributed by atoms with van der Waals surface area (Å²) in [5, 5.41) is 5.98. The van der Waals surface area contributed by atoms with Gasteiger partial charge >= 0.3 is 0 Å². The van der Waals surface area contributed by atoms with Crippen molar-refractivity contribution in [3.8, 4) is 11.3 Å². The predicted octanol–water partition coefficient (Wildman–Crippen LogP) is 5.66. The lowest BCUT2D eigenvalue weighted by atomic mass is 9.98. The number of aromatic amines is 1. The summed E-state index contributed by atoms with van der Waals surface area (Å²) in [6.07, 6.45) is 4.83. The number of para-hydroxylation sites is 1. The van der Waals surface area contributed by atoms with Crippen LogP contribution in [0.5, 0.6) is 0 Å². The van der Waals surface area contributed by atoms with Gasteiger partial charge in [0.25, 0.3) is 5.91 Å². The molecule has 2 heterocycles. The number of anilines is 3. The Morgan fingerprint density at radius 1 is 1.27 bits per heavy atom. The molecule has 0 saturated heterocycles. The molecule has 0 bridgehead atoms. The Morgan fingerprint density at radius 3 is 2.64 bits per heavy atom. The first kappa shape index (κ1) is 21.4. The number of benzene rings is 1. The van der Waals surface area contributed by atoms with Crippen molar-refractivity contribution in [1.82, 2.24) is 9.97 Å². The highest BCUT2D eigenvalue weighted by Gasteiger charge is 2.51. The SMILES string of the molecule is C[C@H]1C[C@@]1(C)Cc1[nH]c(-c2ccnc(NC(=O)C3(F)CC3)c2)c(Nc2ccccc2)c1C=O. The highest BCUT2D eigenvalue weighted by atomic mass is 19.1. The van der Waals surface area contributed by atoms with E-state index in [9.17, 15) is 14.0 Å². The average molecular weight is 447 g/mol. The second-order valence-electron chi connectivity index (χ2n) is 9.66. The summed E-state index contributed by atoms with van der Waals surface area (Å²) in [6, 6.07) is 13.2. The summed E-state index contributed by atoms with van der Waals surface area (Å²) in [5.41, 5.74) is 2.87. The Labute approximate surface area is 192 Å². The molecule has 3 N–H and O–H groups in total. The van der Waals surface area contributed by atoms with E-state index in [-0.39, 0.29) is 24.1 Å². The van der Waals surface area contributed by atoms with Crippen molar-refractivity contribution in [1.29, 1.82) is 0 Å². The largest absolute Gasteiger partial charge is 0.356 e. The van der Waals surface area contributed by atoms with Gasteiger partial charge in [-0.3, -0.25) is 9.59 Å². The minimum atomic E-state index is -1.78. The number of alkyl halides is 1. The molecule has 170 valence electrons. The van der Waals surface area contributed by atoms with Crippen molar-refractivity contribution in [3.63, 3.8) is 0 Å². The molecule has 2 fully saturated rings. The van der Waals surface area contributed by atoms with E-state index in [1.807, 2.05) is 30.3 Å². The van der Waals surface area contributed by atoms with E-state index >= 15 is 0 Å². The molecule has 0 unspecified atom stereocenters. The number of amides is 1. The third-order valence-electron chi connectivity index (χ3n) is 7.05. The van der Waals surface area contributed by atoms with Crippen LogP contribution in [-0.4, -0.2) is 27.8 Å². The van der Waals surface area contributed by atoms with Gasteiger partial charge in [0.05, 0.1) is 16.9 Å². The molecule has 6 nitrogen and oxygen atoms in total. The lowest BCUT2D eigenvalue weighted by molar-refractivity contribution is -0.122. The van der Waals surface area contributed by atoms with Crippen LogP contribution in [0, 0.1) is 11.3 Å². The van der Waals surface area contributed by atoms with Crippen molar-refractivity contribution >= 4 is 29.4 Å². The molecular formula is C26H27FN4O2. The molecule has 2 saturated carbocycles. The summed E-state index contributed by atoms with van der Waals surface area (Å²) in [5.74, 6) is 0.220. The highest BCUT2D eigenvalue weighted by molar-refractivity contribution is 5.99. The Balaban J connectivity index is 1.54. The van der Waals surface area contributed by atoms with Gasteiger partial charge in [-0.2, -0.15) is 0 Å². The molecule has 1 amide bonds. The molecule has 33 heavy (non-hydrogen) atoms. The number of nitrogens with zero attached hydrogens (tertiary/aromatic N) is 1. The summed E-state index contributed by atoms with van der Waals surface area (Å²) >= 11 is 0. The highest BCUT2D eigenvalue weighted by Crippen LogP contribution is 2.54. The number of nitrogens with one attached hydrogen (secondary N) is 3. The van der Waals surface area contributed by atoms with Crippen molar-refractivity contribution in [2.45, 2.75) is 45.2 Å². The first-order valence-corrected chi connectivity index (χ1v) is 11.3. The Hall–Kier alpha value is -3.48. The zero-order valence-electron chi connectivity index (χ0n) is 18.7. The molecule has 0 spiro atoms. The number of pyridine rings is 1. The molecule has 2 aromatic heterocycles. The third kappa shape index (κ3) is 4.15. The molecule has 0 aliphatic heterocycles. The molecule has 2 aliphatic rings. The summed E-state index contributed by atoms with van der Waals surface area (Å²) in [6.45, 7) is 4.46. The number of hydrogen-bond donors (Lipinski definition) is 3. The standard InChI is InChI=1S/C26H27FN4O2/c1-16-13-25(16,2)14-20-19(15-32)23(29-18-6-4-3-5-7-18)22(30-20)17-8-11-28-21(12-17)31-24(33)26(27)9-10-26/h3-8,11-12,15-16,29-30H,9-10,13-14H2,1-2H3,(H,28,31,33)/t16-,25-/m0/s1. The summed E-state index contributed by atoms with van der Waals surface area (Å²) < 4.78 is 14.1. The van der Waals surface area contributed by atoms with E-state index in [1.165, 1.54) is 0 Å². The van der Waals surface area contributed by atoms with Gasteiger partial charge in [0.2, 0.25) is 0 Å². The van der Waals surface area contributed by atoms with Crippen LogP contribution >= 0.6 is 0 Å². The van der Waals surface area contributed by atoms with Crippen LogP contribution in [0.25, 0.3) is 11.3 Å². The molecule has 3 aromatic rings. The quantitative estimate of drug-likeness (QED) is 0.390. The lowest BCUT2D eigenvalue weighted by Gasteiger charge is -2.11. The average Bonchev–Trinajstić information content (AvgIpc) is 3.65. The smallest absolute Gasteiger partial charge is 0.263 e. The predicted molar refractivity (Wildman–Crippen MR) is 126 cm³/mol. The van der Waals surface area contributed by atoms with Gasteiger partial charge in [0, 0.05) is 23.1 Å². The number of carbonyl (C=O) groups is 2. The van der Waals surface area contributed by atoms with Gasteiger partial charge in [-0.1, -0.05) is 32.0 Å². The van der Waals surface area contributed by atoms with E-state index in [0.29, 0.717) is 17.2 Å². The number of carbonyl (C=O) groups excluding carboxylic acids is 2. The van der Waals surface area contributed by atoms with E-state index < -0.39 is 11.6 Å². The maximum Gasteiger partial charge on any atom is 0.263 e. The second kappa shape index (κ2) is 7.83. The normalized spacial score (nSPS) is 22.5. The number of halogens is 1.